The van der Waals surface area contributed by atoms with E-state index in [0.717, 1.165) is 35.6 Å². The number of benzene rings is 1. The summed E-state index contributed by atoms with van der Waals surface area (Å²) < 4.78 is 11.0. The van der Waals surface area contributed by atoms with Crippen LogP contribution in [0.4, 0.5) is 5.69 Å². The molecular formula is C20H35IN4O2. The Morgan fingerprint density at radius 2 is 2.00 bits per heavy atom. The first-order chi connectivity index (χ1) is 12.6. The van der Waals surface area contributed by atoms with E-state index in [1.807, 2.05) is 25.1 Å². The number of piperidine rings is 1. The predicted octanol–water partition coefficient (Wildman–Crippen LogP) is 3.82. The molecule has 27 heavy (non-hydrogen) atoms. The van der Waals surface area contributed by atoms with E-state index in [2.05, 4.69) is 34.4 Å². The van der Waals surface area contributed by atoms with Gasteiger partial charge in [-0.3, -0.25) is 9.89 Å². The van der Waals surface area contributed by atoms with Crippen LogP contribution in [0.2, 0.25) is 0 Å². The summed E-state index contributed by atoms with van der Waals surface area (Å²) in [5.74, 6) is 3.07. The van der Waals surface area contributed by atoms with Gasteiger partial charge in [-0.05, 0) is 57.8 Å². The first-order valence-electron chi connectivity index (χ1n) is 9.59. The van der Waals surface area contributed by atoms with Crippen LogP contribution in [-0.2, 0) is 0 Å². The second-order valence-corrected chi connectivity index (χ2v) is 6.94. The second-order valence-electron chi connectivity index (χ2n) is 6.94. The molecule has 0 radical (unpaired) electrons. The average molecular weight is 490 g/mol. The maximum atomic E-state index is 5.64. The van der Waals surface area contributed by atoms with Gasteiger partial charge in [0.1, 0.15) is 0 Å². The largest absolute Gasteiger partial charge is 0.493 e. The number of methoxy groups -OCH3 is 1. The fourth-order valence-corrected chi connectivity index (χ4v) is 3.18. The summed E-state index contributed by atoms with van der Waals surface area (Å²) in [5.41, 5.74) is 0.918. The molecule has 0 amide bonds. The number of aliphatic imine (C=N–C) groups is 1. The number of nitrogens with zero attached hydrogens (tertiary/aromatic N) is 2. The third-order valence-electron chi connectivity index (χ3n) is 4.96. The minimum absolute atomic E-state index is 0. The number of guanidine groups is 1. The summed E-state index contributed by atoms with van der Waals surface area (Å²) in [7, 11) is 3.43. The number of halogens is 1. The van der Waals surface area contributed by atoms with Crippen molar-refractivity contribution in [1.82, 2.24) is 10.2 Å². The number of hydrogen-bond acceptors (Lipinski definition) is 4. The van der Waals surface area contributed by atoms with Gasteiger partial charge in [-0.25, -0.2) is 0 Å². The molecule has 1 fully saturated rings. The van der Waals surface area contributed by atoms with Gasteiger partial charge in [0.2, 0.25) is 0 Å². The maximum absolute atomic E-state index is 5.64. The lowest BCUT2D eigenvalue weighted by Gasteiger charge is -2.35. The first-order valence-corrected chi connectivity index (χ1v) is 9.59. The van der Waals surface area contributed by atoms with Gasteiger partial charge in [-0.15, -0.1) is 24.0 Å². The Hall–Kier alpha value is -1.22. The molecule has 1 aromatic rings. The fourth-order valence-electron chi connectivity index (χ4n) is 3.18. The van der Waals surface area contributed by atoms with Crippen LogP contribution in [0.25, 0.3) is 0 Å². The summed E-state index contributed by atoms with van der Waals surface area (Å²) in [6.45, 7) is 10.4. The van der Waals surface area contributed by atoms with Gasteiger partial charge >= 0.3 is 0 Å². The number of likely N-dealkylation sites (tertiary alicyclic amines) is 1. The molecule has 1 aromatic carbocycles. The van der Waals surface area contributed by atoms with Crippen molar-refractivity contribution in [2.75, 3.05) is 45.7 Å². The summed E-state index contributed by atoms with van der Waals surface area (Å²) in [4.78, 5) is 6.89. The predicted molar refractivity (Wildman–Crippen MR) is 124 cm³/mol. The zero-order valence-corrected chi connectivity index (χ0v) is 19.6. The zero-order valence-electron chi connectivity index (χ0n) is 17.2. The Kier molecular flexibility index (Phi) is 10.8. The number of rotatable bonds is 7. The fraction of sp³-hybridized carbons (Fsp3) is 0.650. The van der Waals surface area contributed by atoms with Crippen molar-refractivity contribution in [2.45, 2.75) is 39.7 Å². The summed E-state index contributed by atoms with van der Waals surface area (Å²) >= 11 is 0. The molecule has 1 unspecified atom stereocenters. The highest BCUT2D eigenvalue weighted by molar-refractivity contribution is 14.0. The lowest BCUT2D eigenvalue weighted by Crippen LogP contribution is -2.46. The van der Waals surface area contributed by atoms with Gasteiger partial charge in [0.05, 0.1) is 13.7 Å². The zero-order chi connectivity index (χ0) is 18.9. The Bertz CT molecular complexity index is 589. The van der Waals surface area contributed by atoms with Crippen molar-refractivity contribution >= 4 is 35.6 Å². The molecule has 2 N–H and O–H groups in total. The summed E-state index contributed by atoms with van der Waals surface area (Å²) in [6, 6.07) is 6.28. The summed E-state index contributed by atoms with van der Waals surface area (Å²) in [5, 5.41) is 6.76. The topological polar surface area (TPSA) is 58.1 Å². The quantitative estimate of drug-likeness (QED) is 0.346. The van der Waals surface area contributed by atoms with E-state index in [0.29, 0.717) is 12.6 Å². The molecule has 7 heteroatoms. The minimum Gasteiger partial charge on any atom is -0.493 e. The van der Waals surface area contributed by atoms with E-state index in [4.69, 9.17) is 9.47 Å². The second kappa shape index (κ2) is 12.3. The van der Waals surface area contributed by atoms with Gasteiger partial charge in [0, 0.05) is 31.4 Å². The minimum atomic E-state index is 0. The molecule has 1 heterocycles. The molecule has 1 aliphatic rings. The van der Waals surface area contributed by atoms with Gasteiger partial charge in [-0.1, -0.05) is 6.92 Å². The van der Waals surface area contributed by atoms with Crippen molar-refractivity contribution in [3.63, 3.8) is 0 Å². The lowest BCUT2D eigenvalue weighted by atomic mass is 9.98. The standard InChI is InChI=1S/C20H34N4O2.HI/c1-6-26-19-13-17(7-8-18(19)25-5)23-20(21-4)22-14-16(3)24-11-9-15(2)10-12-24;/h7-8,13,15-16H,6,9-12,14H2,1-5H3,(H2,21,22,23);1H. The van der Waals surface area contributed by atoms with E-state index in [9.17, 15) is 0 Å². The van der Waals surface area contributed by atoms with Gasteiger partial charge in [0.25, 0.3) is 0 Å². The molecule has 1 aliphatic heterocycles. The molecule has 0 aliphatic carbocycles. The third kappa shape index (κ3) is 7.37. The van der Waals surface area contributed by atoms with Crippen molar-refractivity contribution in [3.8, 4) is 11.5 Å². The average Bonchev–Trinajstić information content (AvgIpc) is 2.66. The molecule has 0 aromatic heterocycles. The summed E-state index contributed by atoms with van der Waals surface area (Å²) in [6.07, 6.45) is 2.59. The SMILES string of the molecule is CCOc1cc(NC(=NC)NCC(C)N2CCC(C)CC2)ccc1OC.I. The van der Waals surface area contributed by atoms with Gasteiger partial charge in [0.15, 0.2) is 17.5 Å². The maximum Gasteiger partial charge on any atom is 0.195 e. The van der Waals surface area contributed by atoms with E-state index in [1.165, 1.54) is 25.9 Å². The molecule has 1 saturated heterocycles. The number of nitrogens with one attached hydrogen (secondary N) is 2. The molecule has 154 valence electrons. The normalized spacial score (nSPS) is 17.0. The highest BCUT2D eigenvalue weighted by atomic mass is 127. The molecule has 0 spiro atoms. The highest BCUT2D eigenvalue weighted by Gasteiger charge is 2.20. The first kappa shape index (κ1) is 23.8. The molecular weight excluding hydrogens is 455 g/mol. The Balaban J connectivity index is 0.00000364. The Morgan fingerprint density at radius 1 is 1.30 bits per heavy atom. The van der Waals surface area contributed by atoms with E-state index < -0.39 is 0 Å². The number of hydrogen-bond donors (Lipinski definition) is 2. The Morgan fingerprint density at radius 3 is 2.59 bits per heavy atom. The van der Waals surface area contributed by atoms with Crippen LogP contribution < -0.4 is 20.1 Å². The van der Waals surface area contributed by atoms with E-state index in [1.54, 1.807) is 14.2 Å². The highest BCUT2D eigenvalue weighted by Crippen LogP contribution is 2.30. The van der Waals surface area contributed by atoms with Crippen LogP contribution in [0.15, 0.2) is 23.2 Å². The van der Waals surface area contributed by atoms with Crippen LogP contribution in [0.5, 0.6) is 11.5 Å². The van der Waals surface area contributed by atoms with Crippen molar-refractivity contribution in [2.24, 2.45) is 10.9 Å². The van der Waals surface area contributed by atoms with Crippen LogP contribution in [0.3, 0.4) is 0 Å². The van der Waals surface area contributed by atoms with Crippen LogP contribution in [0.1, 0.15) is 33.6 Å². The molecule has 2 rings (SSSR count). The molecule has 1 atom stereocenters. The number of anilines is 1. The molecule has 6 nitrogen and oxygen atoms in total. The van der Waals surface area contributed by atoms with Crippen molar-refractivity contribution < 1.29 is 9.47 Å². The smallest absolute Gasteiger partial charge is 0.195 e. The van der Waals surface area contributed by atoms with E-state index in [-0.39, 0.29) is 24.0 Å². The monoisotopic (exact) mass is 490 g/mol. The molecule has 0 bridgehead atoms. The lowest BCUT2D eigenvalue weighted by molar-refractivity contribution is 0.148. The van der Waals surface area contributed by atoms with Gasteiger partial charge < -0.3 is 20.1 Å². The van der Waals surface area contributed by atoms with Crippen molar-refractivity contribution in [1.29, 1.82) is 0 Å². The Labute approximate surface area is 181 Å². The van der Waals surface area contributed by atoms with E-state index >= 15 is 0 Å². The van der Waals surface area contributed by atoms with Crippen LogP contribution in [-0.4, -0.2) is 57.3 Å². The molecule has 0 saturated carbocycles. The van der Waals surface area contributed by atoms with Crippen molar-refractivity contribution in [3.05, 3.63) is 18.2 Å². The van der Waals surface area contributed by atoms with Crippen LogP contribution in [0, 0.1) is 5.92 Å². The van der Waals surface area contributed by atoms with Gasteiger partial charge in [-0.2, -0.15) is 0 Å². The number of ether oxygens (including phenoxy) is 2. The third-order valence-corrected chi connectivity index (χ3v) is 4.96. The van der Waals surface area contributed by atoms with Crippen LogP contribution >= 0.6 is 24.0 Å².